The van der Waals surface area contributed by atoms with Crippen LogP contribution in [0.25, 0.3) is 0 Å². The van der Waals surface area contributed by atoms with Crippen molar-refractivity contribution in [3.8, 4) is 0 Å². The summed E-state index contributed by atoms with van der Waals surface area (Å²) in [6.45, 7) is 12.9. The third-order valence-electron chi connectivity index (χ3n) is 2.13. The van der Waals surface area contributed by atoms with E-state index in [-0.39, 0.29) is 0 Å². The molecule has 0 spiro atoms. The van der Waals surface area contributed by atoms with Gasteiger partial charge in [-0.05, 0) is 37.3 Å². The van der Waals surface area contributed by atoms with Gasteiger partial charge in [-0.3, -0.25) is 0 Å². The molecule has 1 aromatic rings. The number of benzene rings is 1. The van der Waals surface area contributed by atoms with Gasteiger partial charge in [-0.2, -0.15) is 0 Å². The van der Waals surface area contributed by atoms with Crippen LogP contribution in [0, 0.1) is 19.8 Å². The fourth-order valence-corrected chi connectivity index (χ4v) is 1.46. The Bertz CT molecular complexity index is 259. The molecule has 80 valence electrons. The van der Waals surface area contributed by atoms with Gasteiger partial charge in [0.1, 0.15) is 0 Å². The van der Waals surface area contributed by atoms with Crippen LogP contribution < -0.4 is 0 Å². The number of hydrogen-bond acceptors (Lipinski definition) is 0. The minimum absolute atomic E-state index is 0.755. The highest BCUT2D eigenvalue weighted by Crippen LogP contribution is 2.14. The van der Waals surface area contributed by atoms with Crippen LogP contribution in [0.4, 0.5) is 0 Å². The van der Waals surface area contributed by atoms with Crippen molar-refractivity contribution in [3.05, 3.63) is 34.9 Å². The van der Waals surface area contributed by atoms with Crippen LogP contribution in [0.5, 0.6) is 0 Å². The largest absolute Gasteiger partial charge is 0.0683 e. The Kier molecular flexibility index (Phi) is 6.27. The van der Waals surface area contributed by atoms with Crippen molar-refractivity contribution >= 4 is 0 Å². The van der Waals surface area contributed by atoms with E-state index in [1.54, 1.807) is 0 Å². The predicted molar refractivity (Wildman–Crippen MR) is 65.8 cm³/mol. The molecular formula is C14H24. The van der Waals surface area contributed by atoms with E-state index in [9.17, 15) is 0 Å². The summed E-state index contributed by atoms with van der Waals surface area (Å²) in [5.41, 5.74) is 4.30. The first-order chi connectivity index (χ1) is 6.59. The monoisotopic (exact) mass is 192 g/mol. The van der Waals surface area contributed by atoms with Gasteiger partial charge in [0.05, 0.1) is 0 Å². The molecule has 0 aliphatic carbocycles. The van der Waals surface area contributed by atoms with E-state index >= 15 is 0 Å². The Hall–Kier alpha value is -0.780. The second-order valence-electron chi connectivity index (χ2n) is 4.03. The van der Waals surface area contributed by atoms with Gasteiger partial charge in [0, 0.05) is 0 Å². The van der Waals surface area contributed by atoms with Crippen molar-refractivity contribution in [3.63, 3.8) is 0 Å². The minimum Gasteiger partial charge on any atom is -0.0683 e. The van der Waals surface area contributed by atoms with Crippen LogP contribution in [0.15, 0.2) is 18.2 Å². The van der Waals surface area contributed by atoms with Gasteiger partial charge in [-0.1, -0.05) is 51.5 Å². The molecule has 0 aliphatic rings. The zero-order valence-corrected chi connectivity index (χ0v) is 10.5. The van der Waals surface area contributed by atoms with Crippen LogP contribution in [0.3, 0.4) is 0 Å². The van der Waals surface area contributed by atoms with Gasteiger partial charge in [0.2, 0.25) is 0 Å². The molecule has 0 saturated heterocycles. The van der Waals surface area contributed by atoms with E-state index in [1.165, 1.54) is 23.1 Å². The molecule has 0 aromatic heterocycles. The molecule has 0 heterocycles. The normalized spacial score (nSPS) is 9.64. The Labute approximate surface area is 89.4 Å². The quantitative estimate of drug-likeness (QED) is 0.646. The van der Waals surface area contributed by atoms with Crippen molar-refractivity contribution in [2.75, 3.05) is 0 Å². The van der Waals surface area contributed by atoms with E-state index in [2.05, 4.69) is 45.9 Å². The van der Waals surface area contributed by atoms with Crippen molar-refractivity contribution in [1.82, 2.24) is 0 Å². The first kappa shape index (κ1) is 13.2. The highest BCUT2D eigenvalue weighted by Gasteiger charge is 2.00. The average Bonchev–Trinajstić information content (AvgIpc) is 2.14. The van der Waals surface area contributed by atoms with Crippen molar-refractivity contribution < 1.29 is 0 Å². The van der Waals surface area contributed by atoms with E-state index in [0.29, 0.717) is 0 Å². The molecule has 0 aliphatic heterocycles. The fraction of sp³-hybridized carbons (Fsp3) is 0.571. The number of rotatable bonds is 2. The molecular weight excluding hydrogens is 168 g/mol. The zero-order valence-electron chi connectivity index (χ0n) is 10.5. The SMILES string of the molecule is CC.Cc1ccc(C)c(CC(C)C)c1. The summed E-state index contributed by atoms with van der Waals surface area (Å²) >= 11 is 0. The second-order valence-corrected chi connectivity index (χ2v) is 4.03. The van der Waals surface area contributed by atoms with Gasteiger partial charge >= 0.3 is 0 Å². The van der Waals surface area contributed by atoms with E-state index < -0.39 is 0 Å². The minimum atomic E-state index is 0.755. The summed E-state index contributed by atoms with van der Waals surface area (Å²) in [6, 6.07) is 6.70. The lowest BCUT2D eigenvalue weighted by Gasteiger charge is -2.09. The Balaban J connectivity index is 0.000000791. The smallest absolute Gasteiger partial charge is 0.0253 e. The van der Waals surface area contributed by atoms with Crippen LogP contribution in [-0.4, -0.2) is 0 Å². The molecule has 0 saturated carbocycles. The number of aryl methyl sites for hydroxylation is 2. The molecule has 14 heavy (non-hydrogen) atoms. The summed E-state index contributed by atoms with van der Waals surface area (Å²) < 4.78 is 0. The van der Waals surface area contributed by atoms with E-state index in [0.717, 1.165) is 5.92 Å². The predicted octanol–water partition coefficient (Wildman–Crippen LogP) is 4.53. The van der Waals surface area contributed by atoms with Crippen LogP contribution in [0.1, 0.15) is 44.4 Å². The Morgan fingerprint density at radius 1 is 1.07 bits per heavy atom. The van der Waals surface area contributed by atoms with Crippen molar-refractivity contribution in [2.24, 2.45) is 5.92 Å². The molecule has 0 unspecified atom stereocenters. The molecule has 0 radical (unpaired) electrons. The molecule has 0 heteroatoms. The Morgan fingerprint density at radius 3 is 2.14 bits per heavy atom. The number of hydrogen-bond donors (Lipinski definition) is 0. The molecule has 0 N–H and O–H groups in total. The summed E-state index contributed by atoms with van der Waals surface area (Å²) in [6.07, 6.45) is 1.20. The second kappa shape index (κ2) is 6.64. The lowest BCUT2D eigenvalue weighted by atomic mass is 9.97. The van der Waals surface area contributed by atoms with Crippen LogP contribution in [0.2, 0.25) is 0 Å². The molecule has 0 bridgehead atoms. The van der Waals surface area contributed by atoms with Gasteiger partial charge in [-0.25, -0.2) is 0 Å². The topological polar surface area (TPSA) is 0 Å². The molecule has 1 rings (SSSR count). The van der Waals surface area contributed by atoms with Gasteiger partial charge in [0.15, 0.2) is 0 Å². The molecule has 0 atom stereocenters. The standard InChI is InChI=1S/C12H18.C2H6/c1-9(2)7-12-8-10(3)5-6-11(12)4;1-2/h5-6,8-9H,7H2,1-4H3;1-2H3. The lowest BCUT2D eigenvalue weighted by molar-refractivity contribution is 0.644. The van der Waals surface area contributed by atoms with E-state index in [4.69, 9.17) is 0 Å². The lowest BCUT2D eigenvalue weighted by Crippen LogP contribution is -1.96. The third-order valence-corrected chi connectivity index (χ3v) is 2.13. The highest BCUT2D eigenvalue weighted by atomic mass is 14.1. The third kappa shape index (κ3) is 4.45. The van der Waals surface area contributed by atoms with Gasteiger partial charge in [0.25, 0.3) is 0 Å². The summed E-state index contributed by atoms with van der Waals surface area (Å²) in [5.74, 6) is 0.755. The van der Waals surface area contributed by atoms with Gasteiger partial charge < -0.3 is 0 Å². The molecule has 0 fully saturated rings. The van der Waals surface area contributed by atoms with Crippen molar-refractivity contribution in [1.29, 1.82) is 0 Å². The Morgan fingerprint density at radius 2 is 1.64 bits per heavy atom. The average molecular weight is 192 g/mol. The van der Waals surface area contributed by atoms with Crippen molar-refractivity contribution in [2.45, 2.75) is 48.0 Å². The van der Waals surface area contributed by atoms with Gasteiger partial charge in [-0.15, -0.1) is 0 Å². The maximum atomic E-state index is 2.30. The van der Waals surface area contributed by atoms with Crippen LogP contribution in [-0.2, 0) is 6.42 Å². The maximum Gasteiger partial charge on any atom is -0.0253 e. The zero-order chi connectivity index (χ0) is 11.1. The fourth-order valence-electron chi connectivity index (χ4n) is 1.46. The molecule has 1 aromatic carbocycles. The highest BCUT2D eigenvalue weighted by molar-refractivity contribution is 5.30. The summed E-state index contributed by atoms with van der Waals surface area (Å²) in [7, 11) is 0. The molecule has 0 nitrogen and oxygen atoms in total. The summed E-state index contributed by atoms with van der Waals surface area (Å²) in [5, 5.41) is 0. The van der Waals surface area contributed by atoms with E-state index in [1.807, 2.05) is 13.8 Å². The molecule has 0 amide bonds. The summed E-state index contributed by atoms with van der Waals surface area (Å²) in [4.78, 5) is 0. The maximum absolute atomic E-state index is 2.30. The van der Waals surface area contributed by atoms with Crippen LogP contribution >= 0.6 is 0 Å². The first-order valence-corrected chi connectivity index (χ1v) is 5.65. The first-order valence-electron chi connectivity index (χ1n) is 5.65.